The zero-order valence-electron chi connectivity index (χ0n) is 8.58. The number of hydrogen-bond donors (Lipinski definition) is 0. The molecular weight excluding hydrogens is 246 g/mol. The van der Waals surface area contributed by atoms with Crippen molar-refractivity contribution in [2.24, 2.45) is 0 Å². The van der Waals surface area contributed by atoms with E-state index in [0.29, 0.717) is 11.3 Å². The molecule has 1 atom stereocenters. The molecule has 0 fully saturated rings. The third kappa shape index (κ3) is 2.18. The van der Waals surface area contributed by atoms with E-state index in [0.717, 1.165) is 5.33 Å². The van der Waals surface area contributed by atoms with Gasteiger partial charge >= 0.3 is 0 Å². The molecule has 0 aromatic carbocycles. The monoisotopic (exact) mass is 259 g/mol. The average Bonchev–Trinajstić information content (AvgIpc) is 2.61. The second kappa shape index (κ2) is 4.64. The lowest BCUT2D eigenvalue weighted by atomic mass is 10.2. The number of furan rings is 1. The smallest absolute Gasteiger partial charge is 0.257 e. The van der Waals surface area contributed by atoms with Crippen LogP contribution in [-0.4, -0.2) is 29.2 Å². The predicted molar refractivity (Wildman–Crippen MR) is 58.8 cm³/mol. The van der Waals surface area contributed by atoms with Gasteiger partial charge in [-0.05, 0) is 19.9 Å². The molecule has 3 nitrogen and oxygen atoms in total. The Kier molecular flexibility index (Phi) is 3.75. The van der Waals surface area contributed by atoms with E-state index in [1.807, 2.05) is 6.92 Å². The minimum atomic E-state index is 0.00296. The molecule has 0 saturated carbocycles. The SMILES string of the molecule is Cc1occc1C(=O)N(C)C(C)CBr. The minimum Gasteiger partial charge on any atom is -0.469 e. The van der Waals surface area contributed by atoms with E-state index in [1.54, 1.807) is 24.9 Å². The van der Waals surface area contributed by atoms with Gasteiger partial charge in [0.1, 0.15) is 5.76 Å². The van der Waals surface area contributed by atoms with Crippen molar-refractivity contribution in [1.82, 2.24) is 4.90 Å². The number of hydrogen-bond acceptors (Lipinski definition) is 2. The highest BCUT2D eigenvalue weighted by molar-refractivity contribution is 9.09. The number of carbonyl (C=O) groups excluding carboxylic acids is 1. The zero-order chi connectivity index (χ0) is 10.7. The highest BCUT2D eigenvalue weighted by Crippen LogP contribution is 2.13. The summed E-state index contributed by atoms with van der Waals surface area (Å²) in [5.74, 6) is 0.673. The summed E-state index contributed by atoms with van der Waals surface area (Å²) in [5.41, 5.74) is 0.639. The van der Waals surface area contributed by atoms with Crippen LogP contribution >= 0.6 is 15.9 Å². The minimum absolute atomic E-state index is 0.00296. The van der Waals surface area contributed by atoms with Crippen molar-refractivity contribution < 1.29 is 9.21 Å². The van der Waals surface area contributed by atoms with Crippen molar-refractivity contribution in [2.75, 3.05) is 12.4 Å². The topological polar surface area (TPSA) is 33.5 Å². The number of halogens is 1. The molecule has 1 aromatic rings. The van der Waals surface area contributed by atoms with Crippen molar-refractivity contribution in [1.29, 1.82) is 0 Å². The Hall–Kier alpha value is -0.770. The fourth-order valence-corrected chi connectivity index (χ4v) is 1.53. The Balaban J connectivity index is 2.81. The maximum absolute atomic E-state index is 11.9. The first kappa shape index (κ1) is 11.3. The molecule has 0 aliphatic heterocycles. The number of nitrogens with zero attached hydrogens (tertiary/aromatic N) is 1. The van der Waals surface area contributed by atoms with Gasteiger partial charge in [0.15, 0.2) is 0 Å². The maximum Gasteiger partial charge on any atom is 0.257 e. The standard InChI is InChI=1S/C10H14BrNO2/c1-7(6-11)12(3)10(13)9-4-5-14-8(9)2/h4-5,7H,6H2,1-3H3. The van der Waals surface area contributed by atoms with Crippen LogP contribution in [0.1, 0.15) is 23.0 Å². The van der Waals surface area contributed by atoms with Crippen LogP contribution in [0.2, 0.25) is 0 Å². The first-order valence-corrected chi connectivity index (χ1v) is 5.57. The molecule has 0 bridgehead atoms. The van der Waals surface area contributed by atoms with Crippen LogP contribution in [0.15, 0.2) is 16.7 Å². The van der Waals surface area contributed by atoms with Crippen molar-refractivity contribution in [3.05, 3.63) is 23.7 Å². The van der Waals surface area contributed by atoms with Crippen LogP contribution in [0.4, 0.5) is 0 Å². The zero-order valence-corrected chi connectivity index (χ0v) is 10.2. The fraction of sp³-hybridized carbons (Fsp3) is 0.500. The van der Waals surface area contributed by atoms with Gasteiger partial charge in [-0.3, -0.25) is 4.79 Å². The lowest BCUT2D eigenvalue weighted by molar-refractivity contribution is 0.0756. The second-order valence-corrected chi connectivity index (χ2v) is 3.96. The van der Waals surface area contributed by atoms with Crippen molar-refractivity contribution >= 4 is 21.8 Å². The number of rotatable bonds is 3. The number of aryl methyl sites for hydroxylation is 1. The summed E-state index contributed by atoms with van der Waals surface area (Å²) in [7, 11) is 1.79. The predicted octanol–water partition coefficient (Wildman–Crippen LogP) is 2.44. The van der Waals surface area contributed by atoms with E-state index < -0.39 is 0 Å². The Morgan fingerprint density at radius 3 is 2.79 bits per heavy atom. The Labute approximate surface area is 92.2 Å². The quantitative estimate of drug-likeness (QED) is 0.782. The van der Waals surface area contributed by atoms with E-state index in [1.165, 1.54) is 6.26 Å². The van der Waals surface area contributed by atoms with Crippen LogP contribution in [0.25, 0.3) is 0 Å². The summed E-state index contributed by atoms with van der Waals surface area (Å²) in [5, 5.41) is 0.770. The summed E-state index contributed by atoms with van der Waals surface area (Å²) in [6.45, 7) is 3.78. The summed E-state index contributed by atoms with van der Waals surface area (Å²) in [4.78, 5) is 13.6. The molecule has 0 saturated heterocycles. The van der Waals surface area contributed by atoms with Crippen molar-refractivity contribution in [2.45, 2.75) is 19.9 Å². The largest absolute Gasteiger partial charge is 0.469 e. The highest BCUT2D eigenvalue weighted by Gasteiger charge is 2.19. The van der Waals surface area contributed by atoms with E-state index in [-0.39, 0.29) is 11.9 Å². The normalized spacial score (nSPS) is 12.6. The first-order chi connectivity index (χ1) is 6.57. The van der Waals surface area contributed by atoms with Gasteiger partial charge < -0.3 is 9.32 Å². The Morgan fingerprint density at radius 2 is 2.36 bits per heavy atom. The van der Waals surface area contributed by atoms with E-state index in [9.17, 15) is 4.79 Å². The molecule has 1 heterocycles. The van der Waals surface area contributed by atoms with Gasteiger partial charge in [-0.25, -0.2) is 0 Å². The molecular formula is C10H14BrNO2. The molecule has 4 heteroatoms. The van der Waals surface area contributed by atoms with Gasteiger partial charge in [-0.1, -0.05) is 15.9 Å². The molecule has 0 aliphatic rings. The van der Waals surface area contributed by atoms with Crippen molar-refractivity contribution in [3.8, 4) is 0 Å². The van der Waals surface area contributed by atoms with Gasteiger partial charge in [0.2, 0.25) is 0 Å². The number of carbonyl (C=O) groups is 1. The molecule has 14 heavy (non-hydrogen) atoms. The third-order valence-electron chi connectivity index (χ3n) is 2.29. The maximum atomic E-state index is 11.9. The van der Waals surface area contributed by atoms with E-state index in [2.05, 4.69) is 15.9 Å². The van der Waals surface area contributed by atoms with Gasteiger partial charge in [0.25, 0.3) is 5.91 Å². The molecule has 0 N–H and O–H groups in total. The molecule has 0 aliphatic carbocycles. The number of amides is 1. The molecule has 0 radical (unpaired) electrons. The fourth-order valence-electron chi connectivity index (χ4n) is 1.10. The Bertz CT molecular complexity index is 322. The lowest BCUT2D eigenvalue weighted by Crippen LogP contribution is -2.36. The van der Waals surface area contributed by atoms with E-state index >= 15 is 0 Å². The third-order valence-corrected chi connectivity index (χ3v) is 3.23. The van der Waals surface area contributed by atoms with Crippen LogP contribution in [0.3, 0.4) is 0 Å². The molecule has 1 aromatic heterocycles. The lowest BCUT2D eigenvalue weighted by Gasteiger charge is -2.22. The second-order valence-electron chi connectivity index (χ2n) is 3.31. The van der Waals surface area contributed by atoms with Gasteiger partial charge in [0, 0.05) is 18.4 Å². The van der Waals surface area contributed by atoms with Gasteiger partial charge in [0.05, 0.1) is 11.8 Å². The molecule has 1 rings (SSSR count). The molecule has 0 spiro atoms. The van der Waals surface area contributed by atoms with Gasteiger partial charge in [-0.15, -0.1) is 0 Å². The molecule has 1 amide bonds. The molecule has 78 valence electrons. The van der Waals surface area contributed by atoms with Crippen molar-refractivity contribution in [3.63, 3.8) is 0 Å². The molecule has 1 unspecified atom stereocenters. The Morgan fingerprint density at radius 1 is 1.71 bits per heavy atom. The van der Waals surface area contributed by atoms with Crippen LogP contribution in [0, 0.1) is 6.92 Å². The van der Waals surface area contributed by atoms with Crippen LogP contribution < -0.4 is 0 Å². The van der Waals surface area contributed by atoms with Crippen LogP contribution in [0.5, 0.6) is 0 Å². The van der Waals surface area contributed by atoms with Gasteiger partial charge in [-0.2, -0.15) is 0 Å². The van der Waals surface area contributed by atoms with E-state index in [4.69, 9.17) is 4.42 Å². The summed E-state index contributed by atoms with van der Waals surface area (Å²) in [6, 6.07) is 1.88. The highest BCUT2D eigenvalue weighted by atomic mass is 79.9. The van der Waals surface area contributed by atoms with Crippen LogP contribution in [-0.2, 0) is 0 Å². The summed E-state index contributed by atoms with van der Waals surface area (Å²) < 4.78 is 5.09. The summed E-state index contributed by atoms with van der Waals surface area (Å²) in [6.07, 6.45) is 1.54. The average molecular weight is 260 g/mol. The number of alkyl halides is 1. The first-order valence-electron chi connectivity index (χ1n) is 4.45. The summed E-state index contributed by atoms with van der Waals surface area (Å²) >= 11 is 3.35.